The van der Waals surface area contributed by atoms with Crippen LogP contribution in [0.4, 0.5) is 0 Å². The normalized spacial score (nSPS) is 10.7. The smallest absolute Gasteiger partial charge is 0.291 e. The molecule has 0 saturated heterocycles. The molecule has 0 saturated carbocycles. The highest BCUT2D eigenvalue weighted by Crippen LogP contribution is 2.15. The first-order chi connectivity index (χ1) is 9.72. The summed E-state index contributed by atoms with van der Waals surface area (Å²) in [6, 6.07) is 8.95. The lowest BCUT2D eigenvalue weighted by atomic mass is 10.3. The molecule has 2 aromatic heterocycles. The van der Waals surface area contributed by atoms with E-state index in [2.05, 4.69) is 20.5 Å². The van der Waals surface area contributed by atoms with Crippen LogP contribution >= 0.6 is 22.9 Å². The Kier molecular flexibility index (Phi) is 3.58. The number of aromatic nitrogens is 3. The monoisotopic (exact) mass is 304 g/mol. The van der Waals surface area contributed by atoms with Gasteiger partial charge >= 0.3 is 0 Å². The summed E-state index contributed by atoms with van der Waals surface area (Å²) in [7, 11) is 0. The van der Waals surface area contributed by atoms with Crippen molar-refractivity contribution in [2.45, 2.75) is 6.54 Å². The van der Waals surface area contributed by atoms with Gasteiger partial charge in [-0.25, -0.2) is 4.98 Å². The molecule has 7 heteroatoms. The lowest BCUT2D eigenvalue weighted by Gasteiger charge is -2.03. The zero-order chi connectivity index (χ0) is 13.9. The Morgan fingerprint density at radius 1 is 1.25 bits per heavy atom. The Bertz CT molecular complexity index is 760. The van der Waals surface area contributed by atoms with E-state index in [4.69, 9.17) is 11.6 Å². The molecule has 0 fully saturated rings. The van der Waals surface area contributed by atoms with Crippen LogP contribution in [0, 0.1) is 0 Å². The summed E-state index contributed by atoms with van der Waals surface area (Å²) < 4.78 is 0. The first-order valence-electron chi connectivity index (χ1n) is 5.83. The fourth-order valence-corrected chi connectivity index (χ4v) is 2.48. The van der Waals surface area contributed by atoms with Crippen LogP contribution in [-0.4, -0.2) is 21.1 Å². The Labute approximate surface area is 123 Å². The molecule has 2 heterocycles. The first kappa shape index (κ1) is 13.0. The molecular weight excluding hydrogens is 296 g/mol. The Hall–Kier alpha value is -2.05. The molecule has 0 spiro atoms. The van der Waals surface area contributed by atoms with Gasteiger partial charge in [-0.1, -0.05) is 17.7 Å². The highest BCUT2D eigenvalue weighted by molar-refractivity contribution is 7.09. The molecule has 1 aromatic carbocycles. The van der Waals surface area contributed by atoms with Gasteiger partial charge in [-0.15, -0.1) is 21.5 Å². The number of fused-ring (bicyclic) bond motifs is 1. The van der Waals surface area contributed by atoms with Gasteiger partial charge in [-0.3, -0.25) is 4.79 Å². The van der Waals surface area contributed by atoms with Crippen LogP contribution in [0.3, 0.4) is 0 Å². The average Bonchev–Trinajstić information content (AvgIpc) is 2.97. The average molecular weight is 305 g/mol. The zero-order valence-corrected chi connectivity index (χ0v) is 11.8. The molecule has 0 aliphatic heterocycles. The number of rotatable bonds is 3. The molecule has 0 bridgehead atoms. The number of carbonyl (C=O) groups is 1. The van der Waals surface area contributed by atoms with Gasteiger partial charge in [-0.05, 0) is 29.6 Å². The topological polar surface area (TPSA) is 67.8 Å². The zero-order valence-electron chi connectivity index (χ0n) is 10.2. The minimum Gasteiger partial charge on any atom is -0.344 e. The largest absolute Gasteiger partial charge is 0.344 e. The van der Waals surface area contributed by atoms with E-state index < -0.39 is 0 Å². The van der Waals surface area contributed by atoms with Gasteiger partial charge in [0.05, 0.1) is 12.1 Å². The molecule has 0 radical (unpaired) electrons. The molecule has 0 aliphatic rings. The van der Waals surface area contributed by atoms with Crippen molar-refractivity contribution in [3.05, 3.63) is 51.4 Å². The summed E-state index contributed by atoms with van der Waals surface area (Å²) in [6.45, 7) is 0.452. The van der Waals surface area contributed by atoms with Crippen molar-refractivity contribution >= 4 is 39.9 Å². The third-order valence-corrected chi connectivity index (χ3v) is 3.73. The number of carbonyl (C=O) groups excluding carboxylic acids is 1. The lowest BCUT2D eigenvalue weighted by molar-refractivity contribution is 0.0940. The molecule has 3 rings (SSSR count). The van der Waals surface area contributed by atoms with Crippen LogP contribution in [-0.2, 0) is 6.54 Å². The van der Waals surface area contributed by atoms with E-state index in [-0.39, 0.29) is 11.7 Å². The van der Waals surface area contributed by atoms with E-state index in [1.54, 1.807) is 29.5 Å². The predicted molar refractivity (Wildman–Crippen MR) is 77.8 cm³/mol. The van der Waals surface area contributed by atoms with Gasteiger partial charge in [-0.2, -0.15) is 0 Å². The summed E-state index contributed by atoms with van der Waals surface area (Å²) >= 11 is 7.47. The van der Waals surface area contributed by atoms with Crippen molar-refractivity contribution in [3.8, 4) is 0 Å². The Morgan fingerprint density at radius 3 is 2.95 bits per heavy atom. The van der Waals surface area contributed by atoms with Gasteiger partial charge in [0.1, 0.15) is 5.52 Å². The predicted octanol–water partition coefficient (Wildman–Crippen LogP) is 2.67. The minimum absolute atomic E-state index is 0.0383. The number of hydrogen-bond acceptors (Lipinski definition) is 5. The number of thiophene rings is 1. The number of halogens is 1. The summed E-state index contributed by atoms with van der Waals surface area (Å²) in [5, 5.41) is 13.0. The van der Waals surface area contributed by atoms with Crippen LogP contribution in [0.15, 0.2) is 35.7 Å². The van der Waals surface area contributed by atoms with Crippen LogP contribution < -0.4 is 5.32 Å². The van der Waals surface area contributed by atoms with Gasteiger partial charge in [0.15, 0.2) is 0 Å². The molecule has 100 valence electrons. The standard InChI is InChI=1S/C13H9ClN4OS/c14-8-3-4-10-11(6-8)16-12(18-17-10)13(19)15-7-9-2-1-5-20-9/h1-6H,7H2,(H,15,19). The Balaban J connectivity index is 1.80. The maximum atomic E-state index is 12.0. The lowest BCUT2D eigenvalue weighted by Crippen LogP contribution is -2.25. The Morgan fingerprint density at radius 2 is 2.15 bits per heavy atom. The van der Waals surface area contributed by atoms with Crippen molar-refractivity contribution in [3.63, 3.8) is 0 Å². The van der Waals surface area contributed by atoms with Gasteiger partial charge in [0.2, 0.25) is 5.82 Å². The number of benzene rings is 1. The third-order valence-electron chi connectivity index (χ3n) is 2.62. The second-order valence-electron chi connectivity index (χ2n) is 4.03. The number of nitrogens with zero attached hydrogens (tertiary/aromatic N) is 3. The molecule has 20 heavy (non-hydrogen) atoms. The molecule has 0 atom stereocenters. The second-order valence-corrected chi connectivity index (χ2v) is 5.50. The van der Waals surface area contributed by atoms with Crippen molar-refractivity contribution in [1.29, 1.82) is 0 Å². The molecule has 3 aromatic rings. The van der Waals surface area contributed by atoms with E-state index in [9.17, 15) is 4.79 Å². The summed E-state index contributed by atoms with van der Waals surface area (Å²) in [4.78, 5) is 17.2. The fourth-order valence-electron chi connectivity index (χ4n) is 1.66. The molecule has 1 N–H and O–H groups in total. The molecule has 0 unspecified atom stereocenters. The van der Waals surface area contributed by atoms with E-state index >= 15 is 0 Å². The molecule has 5 nitrogen and oxygen atoms in total. The number of amides is 1. The maximum Gasteiger partial charge on any atom is 0.291 e. The maximum absolute atomic E-state index is 12.0. The highest BCUT2D eigenvalue weighted by Gasteiger charge is 2.11. The molecule has 0 aliphatic carbocycles. The van der Waals surface area contributed by atoms with Gasteiger partial charge in [0, 0.05) is 9.90 Å². The highest BCUT2D eigenvalue weighted by atomic mass is 35.5. The van der Waals surface area contributed by atoms with Crippen molar-refractivity contribution in [1.82, 2.24) is 20.5 Å². The SMILES string of the molecule is O=C(NCc1cccs1)c1nnc2ccc(Cl)cc2n1. The van der Waals surface area contributed by atoms with Gasteiger partial charge in [0.25, 0.3) is 5.91 Å². The third kappa shape index (κ3) is 2.76. The summed E-state index contributed by atoms with van der Waals surface area (Å²) in [6.07, 6.45) is 0. The van der Waals surface area contributed by atoms with Crippen molar-refractivity contribution < 1.29 is 4.79 Å². The van der Waals surface area contributed by atoms with Crippen LogP contribution in [0.25, 0.3) is 11.0 Å². The van der Waals surface area contributed by atoms with Crippen molar-refractivity contribution in [2.24, 2.45) is 0 Å². The summed E-state index contributed by atoms with van der Waals surface area (Å²) in [5.74, 6) is -0.316. The fraction of sp³-hybridized carbons (Fsp3) is 0.0769. The van der Waals surface area contributed by atoms with Crippen molar-refractivity contribution in [2.75, 3.05) is 0 Å². The van der Waals surface area contributed by atoms with Crippen LogP contribution in [0.2, 0.25) is 5.02 Å². The second kappa shape index (κ2) is 5.52. The quantitative estimate of drug-likeness (QED) is 0.808. The van der Waals surface area contributed by atoms with E-state index in [0.717, 1.165) is 4.88 Å². The van der Waals surface area contributed by atoms with E-state index in [1.165, 1.54) is 0 Å². The van der Waals surface area contributed by atoms with E-state index in [1.807, 2.05) is 17.5 Å². The van der Waals surface area contributed by atoms with E-state index in [0.29, 0.717) is 22.6 Å². The van der Waals surface area contributed by atoms with Crippen LogP contribution in [0.1, 0.15) is 15.5 Å². The number of hydrogen-bond donors (Lipinski definition) is 1. The first-order valence-corrected chi connectivity index (χ1v) is 7.09. The minimum atomic E-state index is -0.354. The van der Waals surface area contributed by atoms with Crippen LogP contribution in [0.5, 0.6) is 0 Å². The number of nitrogens with one attached hydrogen (secondary N) is 1. The molecule has 1 amide bonds. The summed E-state index contributed by atoms with van der Waals surface area (Å²) in [5.41, 5.74) is 1.15. The van der Waals surface area contributed by atoms with Gasteiger partial charge < -0.3 is 5.32 Å². The molecular formula is C13H9ClN4OS.